The first-order valence-electron chi connectivity index (χ1n) is 5.49. The third kappa shape index (κ3) is 2.69. The van der Waals surface area contributed by atoms with Gasteiger partial charge in [-0.05, 0) is 39.6 Å². The lowest BCUT2D eigenvalue weighted by Gasteiger charge is -2.34. The zero-order valence-electron chi connectivity index (χ0n) is 10.6. The predicted molar refractivity (Wildman–Crippen MR) is 63.1 cm³/mol. The fourth-order valence-electron chi connectivity index (χ4n) is 1.68. The van der Waals surface area contributed by atoms with Crippen LogP contribution in [0.3, 0.4) is 0 Å². The number of rotatable bonds is 4. The summed E-state index contributed by atoms with van der Waals surface area (Å²) in [5.74, 6) is -1.74. The highest BCUT2D eigenvalue weighted by molar-refractivity contribution is 6.02. The van der Waals surface area contributed by atoms with Crippen molar-refractivity contribution in [1.29, 1.82) is 0 Å². The van der Waals surface area contributed by atoms with Crippen molar-refractivity contribution in [3.05, 3.63) is 35.4 Å². The Morgan fingerprint density at radius 2 is 1.71 bits per heavy atom. The highest BCUT2D eigenvalue weighted by atomic mass is 19.1. The number of hydrogen-bond donors (Lipinski definition) is 0. The van der Waals surface area contributed by atoms with E-state index >= 15 is 0 Å². The number of nitrogens with zero attached hydrogens (tertiary/aromatic N) is 1. The van der Waals surface area contributed by atoms with Crippen LogP contribution in [0, 0.1) is 11.6 Å². The summed E-state index contributed by atoms with van der Waals surface area (Å²) >= 11 is 0. The largest absolute Gasteiger partial charge is 0.297 e. The van der Waals surface area contributed by atoms with Crippen LogP contribution in [0.25, 0.3) is 0 Å². The second-order valence-electron chi connectivity index (χ2n) is 4.51. The summed E-state index contributed by atoms with van der Waals surface area (Å²) in [5, 5.41) is 0. The van der Waals surface area contributed by atoms with Crippen LogP contribution in [0.5, 0.6) is 0 Å². The summed E-state index contributed by atoms with van der Waals surface area (Å²) in [4.78, 5) is 14.0. The van der Waals surface area contributed by atoms with Crippen LogP contribution in [0.2, 0.25) is 0 Å². The first-order chi connectivity index (χ1) is 7.81. The van der Waals surface area contributed by atoms with E-state index in [9.17, 15) is 13.6 Å². The van der Waals surface area contributed by atoms with E-state index in [4.69, 9.17) is 0 Å². The molecule has 0 spiro atoms. The second kappa shape index (κ2) is 4.92. The van der Waals surface area contributed by atoms with Crippen LogP contribution >= 0.6 is 0 Å². The van der Waals surface area contributed by atoms with Gasteiger partial charge in [0, 0.05) is 11.6 Å². The van der Waals surface area contributed by atoms with Crippen LogP contribution in [0.4, 0.5) is 8.78 Å². The topological polar surface area (TPSA) is 20.3 Å². The number of Topliss-reactive ketones (excluding diaryl/α,β-unsaturated/α-hetero) is 1. The zero-order chi connectivity index (χ0) is 13.2. The quantitative estimate of drug-likeness (QED) is 0.755. The number of hydrogen-bond acceptors (Lipinski definition) is 2. The van der Waals surface area contributed by atoms with Gasteiger partial charge in [0.15, 0.2) is 5.78 Å². The molecule has 0 N–H and O–H groups in total. The first kappa shape index (κ1) is 13.8. The molecule has 0 aliphatic rings. The van der Waals surface area contributed by atoms with Gasteiger partial charge in [0.25, 0.3) is 0 Å². The Labute approximate surface area is 100 Å². The summed E-state index contributed by atoms with van der Waals surface area (Å²) < 4.78 is 26.2. The highest BCUT2D eigenvalue weighted by Gasteiger charge is 2.34. The average Bonchev–Trinajstić information content (AvgIpc) is 2.25. The van der Waals surface area contributed by atoms with E-state index in [0.29, 0.717) is 6.42 Å². The molecular weight excluding hydrogens is 224 g/mol. The van der Waals surface area contributed by atoms with Crippen LogP contribution in [-0.2, 0) is 0 Å². The van der Waals surface area contributed by atoms with Crippen molar-refractivity contribution in [2.45, 2.75) is 25.8 Å². The van der Waals surface area contributed by atoms with E-state index in [0.717, 1.165) is 18.2 Å². The fraction of sp³-hybridized carbons (Fsp3) is 0.462. The van der Waals surface area contributed by atoms with Gasteiger partial charge in [-0.15, -0.1) is 0 Å². The molecule has 0 bridgehead atoms. The highest BCUT2D eigenvalue weighted by Crippen LogP contribution is 2.23. The Balaban J connectivity index is 3.19. The van der Waals surface area contributed by atoms with Gasteiger partial charge in [-0.1, -0.05) is 6.92 Å². The molecule has 0 aliphatic heterocycles. The van der Waals surface area contributed by atoms with Crippen LogP contribution in [0.1, 0.15) is 30.6 Å². The molecule has 0 amide bonds. The van der Waals surface area contributed by atoms with Crippen molar-refractivity contribution in [3.63, 3.8) is 0 Å². The molecule has 0 aliphatic carbocycles. The number of likely N-dealkylation sites (N-methyl/N-ethyl adjacent to an activating group) is 1. The van der Waals surface area contributed by atoms with E-state index < -0.39 is 17.2 Å². The molecule has 2 nitrogen and oxygen atoms in total. The lowest BCUT2D eigenvalue weighted by Crippen LogP contribution is -2.48. The minimum atomic E-state index is -0.750. The van der Waals surface area contributed by atoms with Crippen LogP contribution in [0.15, 0.2) is 18.2 Å². The van der Waals surface area contributed by atoms with Gasteiger partial charge in [-0.3, -0.25) is 9.69 Å². The van der Waals surface area contributed by atoms with E-state index in [-0.39, 0.29) is 11.3 Å². The molecule has 17 heavy (non-hydrogen) atoms. The Morgan fingerprint density at radius 1 is 1.24 bits per heavy atom. The maximum absolute atomic E-state index is 13.1. The van der Waals surface area contributed by atoms with Gasteiger partial charge in [0.05, 0.1) is 5.54 Å². The molecule has 4 heteroatoms. The van der Waals surface area contributed by atoms with Gasteiger partial charge in [-0.2, -0.15) is 0 Å². The Kier molecular flexibility index (Phi) is 3.98. The summed E-state index contributed by atoms with van der Waals surface area (Å²) in [7, 11) is 3.55. The molecule has 0 fully saturated rings. The number of ketones is 1. The predicted octanol–water partition coefficient (Wildman–Crippen LogP) is 2.88. The van der Waals surface area contributed by atoms with Crippen molar-refractivity contribution >= 4 is 5.78 Å². The minimum absolute atomic E-state index is 0.0700. The van der Waals surface area contributed by atoms with Gasteiger partial charge in [0.1, 0.15) is 11.6 Å². The second-order valence-corrected chi connectivity index (χ2v) is 4.51. The number of benzene rings is 1. The summed E-state index contributed by atoms with van der Waals surface area (Å²) in [5.41, 5.74) is -0.680. The lowest BCUT2D eigenvalue weighted by molar-refractivity contribution is 0.0709. The van der Waals surface area contributed by atoms with Gasteiger partial charge >= 0.3 is 0 Å². The number of halogens is 2. The van der Waals surface area contributed by atoms with Gasteiger partial charge in [-0.25, -0.2) is 8.78 Å². The third-order valence-electron chi connectivity index (χ3n) is 3.29. The average molecular weight is 241 g/mol. The van der Waals surface area contributed by atoms with Gasteiger partial charge in [0.2, 0.25) is 0 Å². The van der Waals surface area contributed by atoms with Crippen molar-refractivity contribution < 1.29 is 13.6 Å². The zero-order valence-corrected chi connectivity index (χ0v) is 10.6. The third-order valence-corrected chi connectivity index (χ3v) is 3.29. The standard InChI is InChI=1S/C13H17F2NO/c1-5-13(2,16(3)4)12(17)9-6-10(14)8-11(15)7-9/h6-8H,5H2,1-4H3. The number of carbonyl (C=O) groups excluding carboxylic acids is 1. The van der Waals surface area contributed by atoms with Gasteiger partial charge < -0.3 is 0 Å². The smallest absolute Gasteiger partial charge is 0.182 e. The van der Waals surface area contributed by atoms with Crippen LogP contribution in [-0.4, -0.2) is 30.3 Å². The monoisotopic (exact) mass is 241 g/mol. The molecule has 1 aromatic rings. The van der Waals surface area contributed by atoms with Crippen molar-refractivity contribution in [3.8, 4) is 0 Å². The molecule has 0 heterocycles. The molecule has 1 atom stereocenters. The van der Waals surface area contributed by atoms with Crippen LogP contribution < -0.4 is 0 Å². The summed E-state index contributed by atoms with van der Waals surface area (Å²) in [6, 6.07) is 2.90. The van der Waals surface area contributed by atoms with E-state index in [1.807, 2.05) is 6.92 Å². The molecule has 0 saturated carbocycles. The normalized spacial score (nSPS) is 14.8. The van der Waals surface area contributed by atoms with E-state index in [2.05, 4.69) is 0 Å². The fourth-order valence-corrected chi connectivity index (χ4v) is 1.68. The lowest BCUT2D eigenvalue weighted by atomic mass is 9.87. The maximum Gasteiger partial charge on any atom is 0.182 e. The SMILES string of the molecule is CCC(C)(C(=O)c1cc(F)cc(F)c1)N(C)C. The molecule has 0 radical (unpaired) electrons. The minimum Gasteiger partial charge on any atom is -0.297 e. The molecule has 1 unspecified atom stereocenters. The number of carbonyl (C=O) groups is 1. The molecular formula is C13H17F2NO. The maximum atomic E-state index is 13.1. The van der Waals surface area contributed by atoms with Crippen molar-refractivity contribution in [2.75, 3.05) is 14.1 Å². The molecule has 1 aromatic carbocycles. The summed E-state index contributed by atoms with van der Waals surface area (Å²) in [6.45, 7) is 3.63. The Hall–Kier alpha value is -1.29. The van der Waals surface area contributed by atoms with E-state index in [1.165, 1.54) is 0 Å². The van der Waals surface area contributed by atoms with Crippen molar-refractivity contribution in [2.24, 2.45) is 0 Å². The Bertz CT molecular complexity index is 411. The Morgan fingerprint density at radius 3 is 2.06 bits per heavy atom. The molecule has 0 saturated heterocycles. The summed E-state index contributed by atoms with van der Waals surface area (Å²) in [6.07, 6.45) is 0.566. The molecule has 0 aromatic heterocycles. The first-order valence-corrected chi connectivity index (χ1v) is 5.49. The van der Waals surface area contributed by atoms with Crippen molar-refractivity contribution in [1.82, 2.24) is 4.90 Å². The van der Waals surface area contributed by atoms with E-state index in [1.54, 1.807) is 25.9 Å². The molecule has 1 rings (SSSR count). The molecule has 94 valence electrons.